The molecule has 0 bridgehead atoms. The van der Waals surface area contributed by atoms with Gasteiger partial charge in [0.15, 0.2) is 0 Å². The molecule has 0 radical (unpaired) electrons. The van der Waals surface area contributed by atoms with Gasteiger partial charge in [0.2, 0.25) is 11.8 Å². The molecule has 1 atom stereocenters. The van der Waals surface area contributed by atoms with Gasteiger partial charge in [0.1, 0.15) is 6.04 Å². The SMILES string of the molecule is C/C=C(\C)CC(NC(C)=O)C(=O)Nc1ccc2c3ccccc3n(CCC(=O)O)c2c1.C=C(C)CO. The van der Waals surface area contributed by atoms with Crippen molar-refractivity contribution in [3.63, 3.8) is 0 Å². The van der Waals surface area contributed by atoms with Crippen LogP contribution in [0, 0.1) is 0 Å². The number of carbonyl (C=O) groups is 3. The van der Waals surface area contributed by atoms with Crippen molar-refractivity contribution < 1.29 is 24.6 Å². The molecule has 8 heteroatoms. The molecule has 0 spiro atoms. The molecule has 1 aromatic heterocycles. The monoisotopic (exact) mass is 493 g/mol. The molecule has 0 fully saturated rings. The van der Waals surface area contributed by atoms with Crippen molar-refractivity contribution in [3.8, 4) is 0 Å². The number of carbonyl (C=O) groups excluding carboxylic acids is 2. The summed E-state index contributed by atoms with van der Waals surface area (Å²) < 4.78 is 1.96. The van der Waals surface area contributed by atoms with Gasteiger partial charge < -0.3 is 25.4 Å². The second-order valence-corrected chi connectivity index (χ2v) is 8.74. The van der Waals surface area contributed by atoms with E-state index < -0.39 is 12.0 Å². The summed E-state index contributed by atoms with van der Waals surface area (Å²) in [7, 11) is 0. The average Bonchev–Trinajstić information content (AvgIpc) is 3.15. The molecule has 0 saturated heterocycles. The molecule has 4 N–H and O–H groups in total. The molecule has 192 valence electrons. The fourth-order valence-corrected chi connectivity index (χ4v) is 3.70. The fraction of sp³-hybridized carbons (Fsp3) is 0.321. The standard InChI is InChI=1S/C24H27N3O4.C4H8O/c1-4-15(2)13-20(25-16(3)28)24(31)26-17-9-10-19-18-7-5-6-8-21(18)27(22(19)14-17)12-11-23(29)30;1-4(2)3-5/h4-10,14,20H,11-13H2,1-3H3,(H,25,28)(H,26,31)(H,29,30);5H,1,3H2,2H3/b15-4+;. The number of fused-ring (bicyclic) bond motifs is 3. The van der Waals surface area contributed by atoms with Crippen molar-refractivity contribution in [2.75, 3.05) is 11.9 Å². The number of aliphatic hydroxyl groups excluding tert-OH is 1. The van der Waals surface area contributed by atoms with E-state index in [0.29, 0.717) is 18.7 Å². The molecule has 0 aliphatic heterocycles. The molecule has 1 unspecified atom stereocenters. The largest absolute Gasteiger partial charge is 0.481 e. The fourth-order valence-electron chi connectivity index (χ4n) is 3.70. The number of hydrogen-bond donors (Lipinski definition) is 4. The van der Waals surface area contributed by atoms with E-state index in [1.807, 2.05) is 67.0 Å². The number of benzene rings is 2. The molecule has 2 aromatic carbocycles. The minimum atomic E-state index is -0.868. The van der Waals surface area contributed by atoms with Crippen LogP contribution in [0.15, 0.2) is 66.3 Å². The van der Waals surface area contributed by atoms with E-state index >= 15 is 0 Å². The van der Waals surface area contributed by atoms with Gasteiger partial charge in [-0.3, -0.25) is 14.4 Å². The molecule has 0 aliphatic rings. The van der Waals surface area contributed by atoms with Crippen LogP contribution in [0.25, 0.3) is 21.8 Å². The third kappa shape index (κ3) is 7.81. The number of aliphatic carboxylic acids is 1. The van der Waals surface area contributed by atoms with E-state index in [0.717, 1.165) is 33.0 Å². The minimum absolute atomic E-state index is 0.00238. The lowest BCUT2D eigenvalue weighted by Crippen LogP contribution is -2.43. The quantitative estimate of drug-likeness (QED) is 0.324. The van der Waals surface area contributed by atoms with Gasteiger partial charge in [-0.15, -0.1) is 0 Å². The lowest BCUT2D eigenvalue weighted by Gasteiger charge is -2.18. The maximum Gasteiger partial charge on any atom is 0.305 e. The number of aromatic nitrogens is 1. The van der Waals surface area contributed by atoms with Crippen LogP contribution in [0.1, 0.15) is 40.5 Å². The predicted molar refractivity (Wildman–Crippen MR) is 144 cm³/mol. The van der Waals surface area contributed by atoms with Crippen LogP contribution in [0.2, 0.25) is 0 Å². The molecule has 3 rings (SSSR count). The topological polar surface area (TPSA) is 121 Å². The van der Waals surface area contributed by atoms with Gasteiger partial charge in [-0.05, 0) is 45.4 Å². The number of carboxylic acid groups (broad SMARTS) is 1. The molecule has 2 amide bonds. The Morgan fingerprint density at radius 3 is 2.28 bits per heavy atom. The molecular weight excluding hydrogens is 458 g/mol. The number of amides is 2. The zero-order chi connectivity index (χ0) is 26.8. The molecule has 8 nitrogen and oxygen atoms in total. The van der Waals surface area contributed by atoms with Crippen molar-refractivity contribution in [2.45, 2.75) is 53.1 Å². The maximum atomic E-state index is 12.9. The zero-order valence-electron chi connectivity index (χ0n) is 21.3. The van der Waals surface area contributed by atoms with E-state index in [4.69, 9.17) is 10.2 Å². The maximum absolute atomic E-state index is 12.9. The summed E-state index contributed by atoms with van der Waals surface area (Å²) in [5, 5.41) is 24.8. The highest BCUT2D eigenvalue weighted by molar-refractivity contribution is 6.09. The summed E-state index contributed by atoms with van der Waals surface area (Å²) in [6, 6.07) is 12.7. The number of carboxylic acids is 1. The smallest absolute Gasteiger partial charge is 0.305 e. The molecule has 1 heterocycles. The lowest BCUT2D eigenvalue weighted by atomic mass is 10.1. The average molecular weight is 494 g/mol. The summed E-state index contributed by atoms with van der Waals surface area (Å²) in [5.41, 5.74) is 4.19. The van der Waals surface area contributed by atoms with Gasteiger partial charge in [0.05, 0.1) is 18.5 Å². The molecular formula is C28H35N3O5. The Labute approximate surface area is 211 Å². The highest BCUT2D eigenvalue weighted by Crippen LogP contribution is 2.31. The summed E-state index contributed by atoms with van der Waals surface area (Å²) in [4.78, 5) is 35.6. The molecule has 36 heavy (non-hydrogen) atoms. The van der Waals surface area contributed by atoms with Crippen LogP contribution in [-0.4, -0.2) is 45.2 Å². The van der Waals surface area contributed by atoms with E-state index in [-0.39, 0.29) is 24.8 Å². The van der Waals surface area contributed by atoms with Crippen LogP contribution >= 0.6 is 0 Å². The first-order valence-corrected chi connectivity index (χ1v) is 11.7. The predicted octanol–water partition coefficient (Wildman–Crippen LogP) is 4.62. The van der Waals surface area contributed by atoms with E-state index in [2.05, 4.69) is 17.2 Å². The van der Waals surface area contributed by atoms with Crippen LogP contribution in [0.4, 0.5) is 5.69 Å². The third-order valence-corrected chi connectivity index (χ3v) is 5.57. The number of nitrogens with zero attached hydrogens (tertiary/aromatic N) is 1. The van der Waals surface area contributed by atoms with Gasteiger partial charge in [0.25, 0.3) is 0 Å². The summed E-state index contributed by atoms with van der Waals surface area (Å²) in [5.74, 6) is -1.44. The Hall–Kier alpha value is -3.91. The van der Waals surface area contributed by atoms with Crippen molar-refractivity contribution in [1.29, 1.82) is 0 Å². The Morgan fingerprint density at radius 1 is 1.06 bits per heavy atom. The molecule has 0 aliphatic carbocycles. The number of rotatable bonds is 9. The third-order valence-electron chi connectivity index (χ3n) is 5.57. The first-order chi connectivity index (χ1) is 17.1. The highest BCUT2D eigenvalue weighted by atomic mass is 16.4. The molecule has 0 saturated carbocycles. The number of hydrogen-bond acceptors (Lipinski definition) is 4. The van der Waals surface area contributed by atoms with Crippen molar-refractivity contribution in [3.05, 3.63) is 66.3 Å². The van der Waals surface area contributed by atoms with Crippen LogP contribution in [0.5, 0.6) is 0 Å². The summed E-state index contributed by atoms with van der Waals surface area (Å²) >= 11 is 0. The van der Waals surface area contributed by atoms with Gasteiger partial charge in [-0.1, -0.05) is 48.1 Å². The Bertz CT molecular complexity index is 1290. The number of allylic oxidation sites excluding steroid dienone is 1. The van der Waals surface area contributed by atoms with Gasteiger partial charge in [-0.2, -0.15) is 0 Å². The number of anilines is 1. The number of nitrogens with one attached hydrogen (secondary N) is 2. The van der Waals surface area contributed by atoms with Crippen molar-refractivity contribution in [1.82, 2.24) is 9.88 Å². The first-order valence-electron chi connectivity index (χ1n) is 11.7. The van der Waals surface area contributed by atoms with Crippen LogP contribution < -0.4 is 10.6 Å². The van der Waals surface area contributed by atoms with Crippen LogP contribution in [0.3, 0.4) is 0 Å². The molecule has 3 aromatic rings. The second kappa shape index (κ2) is 13.3. The van der Waals surface area contributed by atoms with E-state index in [1.165, 1.54) is 6.92 Å². The first kappa shape index (κ1) is 28.3. The minimum Gasteiger partial charge on any atom is -0.481 e. The normalized spacial score (nSPS) is 12.0. The number of para-hydroxylation sites is 1. The van der Waals surface area contributed by atoms with Gasteiger partial charge in [0, 0.05) is 35.4 Å². The summed E-state index contributed by atoms with van der Waals surface area (Å²) in [6.45, 7) is 10.8. The van der Waals surface area contributed by atoms with E-state index in [9.17, 15) is 14.4 Å². The van der Waals surface area contributed by atoms with Crippen LogP contribution in [-0.2, 0) is 20.9 Å². The lowest BCUT2D eigenvalue weighted by molar-refractivity contribution is -0.137. The number of aryl methyl sites for hydroxylation is 1. The van der Waals surface area contributed by atoms with E-state index in [1.54, 1.807) is 6.92 Å². The Balaban J connectivity index is 0.000000830. The zero-order valence-corrected chi connectivity index (χ0v) is 21.3. The van der Waals surface area contributed by atoms with Gasteiger partial charge in [-0.25, -0.2) is 0 Å². The summed E-state index contributed by atoms with van der Waals surface area (Å²) in [6.07, 6.45) is 2.33. The number of aliphatic hydroxyl groups is 1. The van der Waals surface area contributed by atoms with Crippen molar-refractivity contribution in [2.24, 2.45) is 0 Å². The van der Waals surface area contributed by atoms with Crippen molar-refractivity contribution >= 4 is 45.3 Å². The Morgan fingerprint density at radius 2 is 1.69 bits per heavy atom. The Kier molecular flexibility index (Phi) is 10.4. The highest BCUT2D eigenvalue weighted by Gasteiger charge is 2.20. The second-order valence-electron chi connectivity index (χ2n) is 8.74. The van der Waals surface area contributed by atoms with Gasteiger partial charge >= 0.3 is 5.97 Å².